The quantitative estimate of drug-likeness (QED) is 0.919. The van der Waals surface area contributed by atoms with Gasteiger partial charge in [0.15, 0.2) is 0 Å². The Hall–Kier alpha value is -2.07. The summed E-state index contributed by atoms with van der Waals surface area (Å²) in [4.78, 5) is 12.7. The number of hydrogen-bond acceptors (Lipinski definition) is 3. The van der Waals surface area contributed by atoms with Crippen molar-refractivity contribution in [2.45, 2.75) is 39.8 Å². The molecule has 1 aromatic carbocycles. The largest absolute Gasteiger partial charge is 0.494 e. The summed E-state index contributed by atoms with van der Waals surface area (Å²) in [7, 11) is 0. The van der Waals surface area contributed by atoms with Gasteiger partial charge in [-0.1, -0.05) is 0 Å². The highest BCUT2D eigenvalue weighted by Gasteiger charge is 2.15. The summed E-state index contributed by atoms with van der Waals surface area (Å²) in [5.41, 5.74) is 8.41. The molecule has 0 saturated heterocycles. The van der Waals surface area contributed by atoms with Crippen LogP contribution in [-0.2, 0) is 0 Å². The van der Waals surface area contributed by atoms with E-state index >= 15 is 0 Å². The summed E-state index contributed by atoms with van der Waals surface area (Å²) >= 11 is 0. The molecule has 2 rings (SSSR count). The Morgan fingerprint density at radius 3 is 2.23 bits per heavy atom. The summed E-state index contributed by atoms with van der Waals surface area (Å²) < 4.78 is 7.26. The van der Waals surface area contributed by atoms with Crippen LogP contribution in [0, 0.1) is 0 Å². The third kappa shape index (κ3) is 3.22. The molecule has 0 spiro atoms. The van der Waals surface area contributed by atoms with Crippen LogP contribution in [0.1, 0.15) is 45.3 Å². The summed E-state index contributed by atoms with van der Waals surface area (Å²) in [5.74, 6) is 0.830. The number of pyridine rings is 1. The van der Waals surface area contributed by atoms with Crippen molar-refractivity contribution < 1.29 is 4.74 Å². The van der Waals surface area contributed by atoms with Gasteiger partial charge >= 0.3 is 0 Å². The topological polar surface area (TPSA) is 57.2 Å². The van der Waals surface area contributed by atoms with Crippen LogP contribution in [0.25, 0.3) is 11.3 Å². The van der Waals surface area contributed by atoms with Crippen LogP contribution >= 0.6 is 0 Å². The van der Waals surface area contributed by atoms with E-state index in [2.05, 4.69) is 0 Å². The molecule has 22 heavy (non-hydrogen) atoms. The minimum absolute atomic E-state index is 0.0172. The van der Waals surface area contributed by atoms with E-state index in [4.69, 9.17) is 10.5 Å². The van der Waals surface area contributed by atoms with Gasteiger partial charge in [-0.3, -0.25) is 4.79 Å². The molecule has 4 heteroatoms. The number of rotatable bonds is 5. The Morgan fingerprint density at radius 2 is 1.73 bits per heavy atom. The third-order valence-corrected chi connectivity index (χ3v) is 3.61. The van der Waals surface area contributed by atoms with Gasteiger partial charge in [-0.2, -0.15) is 0 Å². The maximum atomic E-state index is 12.7. The van der Waals surface area contributed by atoms with Gasteiger partial charge < -0.3 is 15.0 Å². The first-order chi connectivity index (χ1) is 10.5. The van der Waals surface area contributed by atoms with E-state index in [-0.39, 0.29) is 17.6 Å². The van der Waals surface area contributed by atoms with Gasteiger partial charge in [-0.05, 0) is 69.7 Å². The van der Waals surface area contributed by atoms with Crippen molar-refractivity contribution in [1.29, 1.82) is 0 Å². The van der Waals surface area contributed by atoms with Crippen LogP contribution in [0.5, 0.6) is 5.75 Å². The number of aromatic nitrogens is 1. The second-order valence-electron chi connectivity index (χ2n) is 5.69. The summed E-state index contributed by atoms with van der Waals surface area (Å²) in [6, 6.07) is 11.4. The zero-order valence-corrected chi connectivity index (χ0v) is 13.7. The molecule has 118 valence electrons. The predicted molar refractivity (Wildman–Crippen MR) is 90.3 cm³/mol. The Labute approximate surface area is 131 Å². The lowest BCUT2D eigenvalue weighted by Gasteiger charge is -2.19. The average molecular weight is 300 g/mol. The van der Waals surface area contributed by atoms with Crippen LogP contribution < -0.4 is 16.0 Å². The van der Waals surface area contributed by atoms with Crippen molar-refractivity contribution in [2.24, 2.45) is 5.73 Å². The third-order valence-electron chi connectivity index (χ3n) is 3.61. The SMILES string of the molecule is CCOc1ccc(-c2ccc(C(C)N)c(=O)n2C(C)C)cc1. The lowest BCUT2D eigenvalue weighted by molar-refractivity contribution is 0.340. The van der Waals surface area contributed by atoms with E-state index in [1.54, 1.807) is 4.57 Å². The van der Waals surface area contributed by atoms with E-state index in [0.717, 1.165) is 17.0 Å². The minimum atomic E-state index is -0.271. The molecule has 0 bridgehead atoms. The van der Waals surface area contributed by atoms with Crippen LogP contribution in [0.15, 0.2) is 41.2 Å². The maximum absolute atomic E-state index is 12.7. The molecule has 1 heterocycles. The number of benzene rings is 1. The molecule has 0 saturated carbocycles. The number of ether oxygens (including phenoxy) is 1. The van der Waals surface area contributed by atoms with E-state index in [0.29, 0.717) is 12.2 Å². The molecule has 0 radical (unpaired) electrons. The van der Waals surface area contributed by atoms with Crippen LogP contribution in [0.4, 0.5) is 0 Å². The fourth-order valence-corrected chi connectivity index (χ4v) is 2.55. The Bertz CT molecular complexity index is 685. The zero-order valence-electron chi connectivity index (χ0n) is 13.7. The highest BCUT2D eigenvalue weighted by atomic mass is 16.5. The summed E-state index contributed by atoms with van der Waals surface area (Å²) in [5, 5.41) is 0. The first-order valence-electron chi connectivity index (χ1n) is 7.70. The molecule has 1 atom stereocenters. The highest BCUT2D eigenvalue weighted by molar-refractivity contribution is 5.61. The van der Waals surface area contributed by atoms with Crippen molar-refractivity contribution >= 4 is 0 Å². The van der Waals surface area contributed by atoms with E-state index in [9.17, 15) is 4.79 Å². The Balaban J connectivity index is 2.55. The Kier molecular flexibility index (Phi) is 5.03. The second kappa shape index (κ2) is 6.79. The zero-order chi connectivity index (χ0) is 16.3. The fraction of sp³-hybridized carbons (Fsp3) is 0.389. The van der Waals surface area contributed by atoms with Gasteiger partial charge in [0, 0.05) is 17.6 Å². The lowest BCUT2D eigenvalue weighted by atomic mass is 10.1. The van der Waals surface area contributed by atoms with Crippen LogP contribution in [0.3, 0.4) is 0 Å². The van der Waals surface area contributed by atoms with Crippen LogP contribution in [0.2, 0.25) is 0 Å². The van der Waals surface area contributed by atoms with Crippen molar-refractivity contribution in [3.63, 3.8) is 0 Å². The Morgan fingerprint density at radius 1 is 1.09 bits per heavy atom. The number of hydrogen-bond donors (Lipinski definition) is 1. The van der Waals surface area contributed by atoms with Crippen molar-refractivity contribution in [1.82, 2.24) is 4.57 Å². The first-order valence-corrected chi connectivity index (χ1v) is 7.70. The summed E-state index contributed by atoms with van der Waals surface area (Å²) in [6.07, 6.45) is 0. The molecule has 1 aromatic heterocycles. The van der Waals surface area contributed by atoms with E-state index < -0.39 is 0 Å². The standard InChI is InChI=1S/C18H24N2O2/c1-5-22-15-8-6-14(7-9-15)17-11-10-16(13(4)19)18(21)20(17)12(2)3/h6-13H,5,19H2,1-4H3. The first kappa shape index (κ1) is 16.3. The molecule has 0 aliphatic carbocycles. The van der Waals surface area contributed by atoms with E-state index in [1.165, 1.54) is 0 Å². The van der Waals surface area contributed by atoms with Gasteiger partial charge in [0.25, 0.3) is 5.56 Å². The van der Waals surface area contributed by atoms with Gasteiger partial charge in [0.1, 0.15) is 5.75 Å². The molecule has 0 aliphatic heterocycles. The molecule has 4 nitrogen and oxygen atoms in total. The van der Waals surface area contributed by atoms with Gasteiger partial charge in [-0.25, -0.2) is 0 Å². The molecular weight excluding hydrogens is 276 g/mol. The summed E-state index contributed by atoms with van der Waals surface area (Å²) in [6.45, 7) is 8.43. The maximum Gasteiger partial charge on any atom is 0.256 e. The van der Waals surface area contributed by atoms with E-state index in [1.807, 2.05) is 64.1 Å². The van der Waals surface area contributed by atoms with Crippen molar-refractivity contribution in [2.75, 3.05) is 6.61 Å². The highest BCUT2D eigenvalue weighted by Crippen LogP contribution is 2.24. The molecule has 0 fully saturated rings. The second-order valence-corrected chi connectivity index (χ2v) is 5.69. The monoisotopic (exact) mass is 300 g/mol. The van der Waals surface area contributed by atoms with Crippen LogP contribution in [-0.4, -0.2) is 11.2 Å². The molecule has 2 N–H and O–H groups in total. The lowest BCUT2D eigenvalue weighted by Crippen LogP contribution is -2.29. The van der Waals surface area contributed by atoms with Gasteiger partial charge in [0.05, 0.1) is 12.3 Å². The molecule has 0 aliphatic rings. The van der Waals surface area contributed by atoms with Crippen molar-refractivity contribution in [3.8, 4) is 17.0 Å². The normalized spacial score (nSPS) is 12.5. The smallest absolute Gasteiger partial charge is 0.256 e. The molecule has 1 unspecified atom stereocenters. The predicted octanol–water partition coefficient (Wildman–Crippen LogP) is 3.51. The molecule has 2 aromatic rings. The molecular formula is C18H24N2O2. The number of nitrogens with two attached hydrogens (primary N) is 1. The van der Waals surface area contributed by atoms with Gasteiger partial charge in [-0.15, -0.1) is 0 Å². The van der Waals surface area contributed by atoms with Crippen molar-refractivity contribution in [3.05, 3.63) is 52.3 Å². The minimum Gasteiger partial charge on any atom is -0.494 e. The van der Waals surface area contributed by atoms with Gasteiger partial charge in [0.2, 0.25) is 0 Å². The fourth-order valence-electron chi connectivity index (χ4n) is 2.55. The average Bonchev–Trinajstić information content (AvgIpc) is 2.47. The number of nitrogens with zero attached hydrogens (tertiary/aromatic N) is 1. The molecule has 0 amide bonds.